The second kappa shape index (κ2) is 9.54. The van der Waals surface area contributed by atoms with Crippen molar-refractivity contribution in [3.05, 3.63) is 36.0 Å². The molecule has 3 heteroatoms. The van der Waals surface area contributed by atoms with Crippen molar-refractivity contribution in [3.63, 3.8) is 0 Å². The van der Waals surface area contributed by atoms with E-state index < -0.39 is 0 Å². The Hall–Kier alpha value is -0.900. The van der Waals surface area contributed by atoms with Crippen molar-refractivity contribution in [3.8, 4) is 0 Å². The first-order chi connectivity index (χ1) is 12.8. The number of rotatable bonds is 8. The quantitative estimate of drug-likeness (QED) is 0.502. The van der Waals surface area contributed by atoms with E-state index in [0.29, 0.717) is 5.92 Å². The normalized spacial score (nSPS) is 35.7. The molecule has 0 aromatic heterocycles. The Balaban J connectivity index is 2.29. The Kier molecular flexibility index (Phi) is 7.91. The van der Waals surface area contributed by atoms with Gasteiger partial charge in [0.1, 0.15) is 0 Å². The van der Waals surface area contributed by atoms with E-state index in [1.807, 2.05) is 0 Å². The number of hydrogen-bond acceptors (Lipinski definition) is 3. The van der Waals surface area contributed by atoms with E-state index in [1.54, 1.807) is 0 Å². The van der Waals surface area contributed by atoms with Gasteiger partial charge in [0, 0.05) is 23.6 Å². The molecular weight excluding hydrogens is 334 g/mol. The van der Waals surface area contributed by atoms with Crippen molar-refractivity contribution < 1.29 is 9.57 Å². The summed E-state index contributed by atoms with van der Waals surface area (Å²) in [7, 11) is 0. The van der Waals surface area contributed by atoms with Crippen LogP contribution in [-0.4, -0.2) is 35.0 Å². The minimum atomic E-state index is -0.0490. The average Bonchev–Trinajstić information content (AvgIpc) is 2.96. The highest BCUT2D eigenvalue weighted by Crippen LogP contribution is 2.47. The zero-order valence-electron chi connectivity index (χ0n) is 18.6. The largest absolute Gasteiger partial charge is 0.378 e. The molecule has 2 rings (SSSR count). The molecule has 0 N–H and O–H groups in total. The Bertz CT molecular complexity index is 567. The lowest BCUT2D eigenvalue weighted by Crippen LogP contribution is -2.68. The first-order valence-electron chi connectivity index (χ1n) is 10.9. The highest BCUT2D eigenvalue weighted by atomic mass is 16.7. The molecule has 0 spiro atoms. The van der Waals surface area contributed by atoms with Crippen molar-refractivity contribution in [2.24, 2.45) is 5.92 Å². The van der Waals surface area contributed by atoms with Crippen LogP contribution in [0.4, 0.5) is 0 Å². The van der Waals surface area contributed by atoms with E-state index in [1.165, 1.54) is 5.57 Å². The van der Waals surface area contributed by atoms with Crippen LogP contribution in [-0.2, 0) is 9.57 Å². The van der Waals surface area contributed by atoms with Crippen LogP contribution in [0.2, 0.25) is 0 Å². The predicted octanol–water partition coefficient (Wildman–Crippen LogP) is 6.22. The maximum Gasteiger partial charge on any atom is 0.0981 e. The molecule has 1 heterocycles. The third-order valence-corrected chi connectivity index (χ3v) is 6.96. The summed E-state index contributed by atoms with van der Waals surface area (Å²) in [6.45, 7) is 16.8. The van der Waals surface area contributed by atoms with Gasteiger partial charge < -0.3 is 4.74 Å². The molecule has 1 fully saturated rings. The fourth-order valence-electron chi connectivity index (χ4n) is 4.49. The summed E-state index contributed by atoms with van der Waals surface area (Å²) >= 11 is 0. The van der Waals surface area contributed by atoms with Crippen LogP contribution < -0.4 is 0 Å². The fraction of sp³-hybridized carbons (Fsp3) is 0.750. The van der Waals surface area contributed by atoms with E-state index >= 15 is 0 Å². The van der Waals surface area contributed by atoms with Gasteiger partial charge in [0.05, 0.1) is 12.2 Å². The second-order valence-corrected chi connectivity index (χ2v) is 8.76. The highest BCUT2D eigenvalue weighted by Gasteiger charge is 2.54. The Morgan fingerprint density at radius 3 is 2.52 bits per heavy atom. The van der Waals surface area contributed by atoms with Crippen LogP contribution in [0.15, 0.2) is 36.0 Å². The van der Waals surface area contributed by atoms with E-state index in [4.69, 9.17) is 9.57 Å². The van der Waals surface area contributed by atoms with E-state index in [0.717, 1.165) is 38.7 Å². The molecule has 154 valence electrons. The number of piperidine rings is 1. The lowest BCUT2D eigenvalue weighted by atomic mass is 9.69. The molecule has 1 saturated heterocycles. The predicted molar refractivity (Wildman–Crippen MR) is 115 cm³/mol. The molecule has 0 saturated carbocycles. The Morgan fingerprint density at radius 2 is 1.89 bits per heavy atom. The molecule has 0 aromatic rings. The monoisotopic (exact) mass is 375 g/mol. The molecule has 0 bridgehead atoms. The molecule has 1 aliphatic heterocycles. The second-order valence-electron chi connectivity index (χ2n) is 8.76. The molecule has 2 aliphatic rings. The minimum absolute atomic E-state index is 0.0269. The van der Waals surface area contributed by atoms with Gasteiger partial charge in [-0.15, -0.1) is 0 Å². The van der Waals surface area contributed by atoms with Crippen LogP contribution in [0.5, 0.6) is 0 Å². The van der Waals surface area contributed by atoms with Gasteiger partial charge in [0.25, 0.3) is 0 Å². The van der Waals surface area contributed by atoms with Gasteiger partial charge in [-0.3, -0.25) is 4.84 Å². The van der Waals surface area contributed by atoms with Gasteiger partial charge >= 0.3 is 0 Å². The SMILES string of the molecule is CCCOC1CC(C)(CC)N(OC(C)C2=CC=CC=CC2)C(C)(CC)C1C. The maximum atomic E-state index is 6.76. The summed E-state index contributed by atoms with van der Waals surface area (Å²) in [6, 6.07) is 0. The number of allylic oxidation sites excluding steroid dienone is 5. The summed E-state index contributed by atoms with van der Waals surface area (Å²) in [5.74, 6) is 0.420. The molecule has 1 aliphatic carbocycles. The molecule has 0 aromatic carbocycles. The van der Waals surface area contributed by atoms with Gasteiger partial charge in [-0.05, 0) is 58.4 Å². The summed E-state index contributed by atoms with van der Waals surface area (Å²) < 4.78 is 6.31. The molecule has 0 amide bonds. The number of ether oxygens (including phenoxy) is 1. The zero-order chi connectivity index (χ0) is 20.1. The van der Waals surface area contributed by atoms with Crippen molar-refractivity contribution in [2.75, 3.05) is 6.61 Å². The first kappa shape index (κ1) is 22.4. The number of nitrogens with zero attached hydrogens (tertiary/aromatic N) is 1. The van der Waals surface area contributed by atoms with Gasteiger partial charge in [0.15, 0.2) is 0 Å². The van der Waals surface area contributed by atoms with E-state index in [9.17, 15) is 0 Å². The summed E-state index contributed by atoms with van der Waals surface area (Å²) in [5.41, 5.74) is 1.25. The van der Waals surface area contributed by atoms with Gasteiger partial charge in [-0.2, -0.15) is 5.06 Å². The standard InChI is InChI=1S/C24H41NO2/c1-8-17-26-22-18-23(6,9-2)25(24(7,10-3)19(22)4)27-20(5)21-15-13-11-12-14-16-21/h11-15,19-20,22H,8-10,16-18H2,1-7H3. The minimum Gasteiger partial charge on any atom is -0.378 e. The molecular formula is C24H41NO2. The molecule has 27 heavy (non-hydrogen) atoms. The van der Waals surface area contributed by atoms with Crippen LogP contribution in [0.1, 0.15) is 80.6 Å². The van der Waals surface area contributed by atoms with E-state index in [2.05, 4.69) is 83.9 Å². The third-order valence-electron chi connectivity index (χ3n) is 6.96. The van der Waals surface area contributed by atoms with Crippen molar-refractivity contribution >= 4 is 0 Å². The highest BCUT2D eigenvalue weighted by molar-refractivity contribution is 5.25. The molecule has 5 unspecified atom stereocenters. The Morgan fingerprint density at radius 1 is 1.15 bits per heavy atom. The number of hydroxylamine groups is 2. The van der Waals surface area contributed by atoms with Crippen molar-refractivity contribution in [2.45, 2.75) is 104 Å². The van der Waals surface area contributed by atoms with Gasteiger partial charge in [0.2, 0.25) is 0 Å². The maximum absolute atomic E-state index is 6.76. The molecule has 0 radical (unpaired) electrons. The first-order valence-corrected chi connectivity index (χ1v) is 10.9. The van der Waals surface area contributed by atoms with Crippen LogP contribution in [0, 0.1) is 5.92 Å². The average molecular weight is 376 g/mol. The van der Waals surface area contributed by atoms with E-state index in [-0.39, 0.29) is 23.3 Å². The topological polar surface area (TPSA) is 21.7 Å². The van der Waals surface area contributed by atoms with Crippen LogP contribution in [0.25, 0.3) is 0 Å². The third kappa shape index (κ3) is 4.75. The van der Waals surface area contributed by atoms with Crippen LogP contribution in [0.3, 0.4) is 0 Å². The number of hydrogen-bond donors (Lipinski definition) is 0. The lowest BCUT2D eigenvalue weighted by molar-refractivity contribution is -0.331. The van der Waals surface area contributed by atoms with Crippen molar-refractivity contribution in [1.82, 2.24) is 5.06 Å². The molecule has 5 atom stereocenters. The smallest absolute Gasteiger partial charge is 0.0981 e. The van der Waals surface area contributed by atoms with Crippen LogP contribution >= 0.6 is 0 Å². The molecule has 3 nitrogen and oxygen atoms in total. The fourth-order valence-corrected chi connectivity index (χ4v) is 4.49. The van der Waals surface area contributed by atoms with Crippen molar-refractivity contribution in [1.29, 1.82) is 0 Å². The lowest BCUT2D eigenvalue weighted by Gasteiger charge is -2.59. The van der Waals surface area contributed by atoms with Gasteiger partial charge in [-0.1, -0.05) is 58.1 Å². The summed E-state index contributed by atoms with van der Waals surface area (Å²) in [4.78, 5) is 6.76. The Labute approximate surface area is 167 Å². The van der Waals surface area contributed by atoms with Gasteiger partial charge in [-0.25, -0.2) is 0 Å². The summed E-state index contributed by atoms with van der Waals surface area (Å²) in [5, 5.41) is 2.36. The summed E-state index contributed by atoms with van der Waals surface area (Å²) in [6.07, 6.45) is 16.2. The zero-order valence-corrected chi connectivity index (χ0v) is 18.6.